The molecule has 0 aliphatic carbocycles. The summed E-state index contributed by atoms with van der Waals surface area (Å²) >= 11 is 0. The van der Waals surface area contributed by atoms with Crippen LogP contribution in [-0.2, 0) is 21.4 Å². The highest BCUT2D eigenvalue weighted by Crippen LogP contribution is 2.23. The zero-order valence-corrected chi connectivity index (χ0v) is 13.4. The van der Waals surface area contributed by atoms with Crippen molar-refractivity contribution in [3.8, 4) is 5.75 Å². The van der Waals surface area contributed by atoms with Crippen molar-refractivity contribution in [2.45, 2.75) is 37.8 Å². The van der Waals surface area contributed by atoms with Crippen molar-refractivity contribution in [2.24, 2.45) is 0 Å². The summed E-state index contributed by atoms with van der Waals surface area (Å²) in [6, 6.07) is 4.22. The van der Waals surface area contributed by atoms with E-state index in [1.807, 2.05) is 6.92 Å². The van der Waals surface area contributed by atoms with E-state index >= 15 is 0 Å². The Balaban J connectivity index is 2.92. The summed E-state index contributed by atoms with van der Waals surface area (Å²) in [5, 5.41) is 9.32. The molecule has 0 aromatic heterocycles. The van der Waals surface area contributed by atoms with Crippen LogP contribution in [0.25, 0.3) is 0 Å². The first kappa shape index (κ1) is 17.9. The minimum atomic E-state index is -3.63. The van der Waals surface area contributed by atoms with E-state index in [4.69, 9.17) is 9.47 Å². The summed E-state index contributed by atoms with van der Waals surface area (Å²) in [6.45, 7) is 4.25. The van der Waals surface area contributed by atoms with Gasteiger partial charge in [-0.1, -0.05) is 0 Å². The number of hydrogen-bond donors (Lipinski definition) is 2. The number of aliphatic hydroxyl groups excluding tert-OH is 1. The summed E-state index contributed by atoms with van der Waals surface area (Å²) in [4.78, 5) is 0.110. The van der Waals surface area contributed by atoms with Gasteiger partial charge in [0.2, 0.25) is 10.0 Å². The number of sulfonamides is 1. The van der Waals surface area contributed by atoms with Crippen molar-refractivity contribution >= 4 is 10.0 Å². The fraction of sp³-hybridized carbons (Fsp3) is 0.571. The van der Waals surface area contributed by atoms with Crippen molar-refractivity contribution in [1.29, 1.82) is 0 Å². The third-order valence-electron chi connectivity index (χ3n) is 2.92. The number of nitrogens with one attached hydrogen (secondary N) is 1. The molecule has 0 aliphatic heterocycles. The van der Waals surface area contributed by atoms with Gasteiger partial charge in [0, 0.05) is 25.3 Å². The molecular formula is C14H23NO5S. The van der Waals surface area contributed by atoms with E-state index in [9.17, 15) is 13.5 Å². The number of benzene rings is 1. The Bertz CT molecular complexity index is 544. The third kappa shape index (κ3) is 5.28. The molecule has 0 radical (unpaired) electrons. The number of aliphatic hydroxyl groups is 1. The summed E-state index contributed by atoms with van der Waals surface area (Å²) in [5.74, 6) is 0.492. The first-order valence-electron chi connectivity index (χ1n) is 6.82. The van der Waals surface area contributed by atoms with Crippen LogP contribution in [0.3, 0.4) is 0 Å². The monoisotopic (exact) mass is 317 g/mol. The van der Waals surface area contributed by atoms with Crippen LogP contribution in [0.5, 0.6) is 5.75 Å². The lowest BCUT2D eigenvalue weighted by Crippen LogP contribution is -2.33. The molecule has 0 spiro atoms. The summed E-state index contributed by atoms with van der Waals surface area (Å²) in [6.07, 6.45) is 0.583. The van der Waals surface area contributed by atoms with Gasteiger partial charge in [0.1, 0.15) is 5.75 Å². The van der Waals surface area contributed by atoms with Gasteiger partial charge < -0.3 is 14.6 Å². The number of ether oxygens (including phenoxy) is 2. The smallest absolute Gasteiger partial charge is 0.240 e. The van der Waals surface area contributed by atoms with E-state index < -0.39 is 10.0 Å². The van der Waals surface area contributed by atoms with E-state index in [0.29, 0.717) is 30.9 Å². The van der Waals surface area contributed by atoms with Crippen molar-refractivity contribution in [2.75, 3.05) is 20.3 Å². The molecule has 7 heteroatoms. The molecule has 6 nitrogen and oxygen atoms in total. The molecule has 0 amide bonds. The Kier molecular flexibility index (Phi) is 7.10. The lowest BCUT2D eigenvalue weighted by Gasteiger charge is -2.15. The first-order valence-corrected chi connectivity index (χ1v) is 8.30. The van der Waals surface area contributed by atoms with Gasteiger partial charge in [-0.05, 0) is 38.5 Å². The molecule has 0 heterocycles. The van der Waals surface area contributed by atoms with E-state index in [0.717, 1.165) is 0 Å². The molecule has 1 aromatic rings. The van der Waals surface area contributed by atoms with Crippen molar-refractivity contribution < 1.29 is 23.0 Å². The van der Waals surface area contributed by atoms with Crippen LogP contribution in [-0.4, -0.2) is 39.9 Å². The molecule has 0 saturated heterocycles. The van der Waals surface area contributed by atoms with E-state index in [2.05, 4.69) is 4.72 Å². The van der Waals surface area contributed by atoms with Crippen LogP contribution in [0.4, 0.5) is 0 Å². The number of rotatable bonds is 9. The van der Waals surface area contributed by atoms with Crippen LogP contribution < -0.4 is 9.46 Å². The van der Waals surface area contributed by atoms with Gasteiger partial charge in [-0.25, -0.2) is 13.1 Å². The molecule has 0 saturated carbocycles. The fourth-order valence-electron chi connectivity index (χ4n) is 1.83. The molecule has 1 unspecified atom stereocenters. The summed E-state index contributed by atoms with van der Waals surface area (Å²) in [7, 11) is -2.06. The Morgan fingerprint density at radius 3 is 2.67 bits per heavy atom. The predicted molar refractivity (Wildman–Crippen MR) is 79.8 cm³/mol. The van der Waals surface area contributed by atoms with Gasteiger partial charge in [-0.15, -0.1) is 0 Å². The topological polar surface area (TPSA) is 84.9 Å². The first-order chi connectivity index (χ1) is 9.94. The van der Waals surface area contributed by atoms with Crippen LogP contribution >= 0.6 is 0 Å². The molecule has 2 N–H and O–H groups in total. The maximum absolute atomic E-state index is 12.3. The Morgan fingerprint density at radius 1 is 1.38 bits per heavy atom. The molecule has 0 aliphatic rings. The SMILES string of the molecule is CCOc1ccc(S(=O)(=O)NC(C)CCOC)cc1CO. The lowest BCUT2D eigenvalue weighted by molar-refractivity contribution is 0.188. The van der Waals surface area contributed by atoms with Crippen molar-refractivity contribution in [3.63, 3.8) is 0 Å². The van der Waals surface area contributed by atoms with E-state index in [1.165, 1.54) is 12.1 Å². The van der Waals surface area contributed by atoms with Crippen LogP contribution in [0.15, 0.2) is 23.1 Å². The van der Waals surface area contributed by atoms with E-state index in [-0.39, 0.29) is 17.5 Å². The maximum Gasteiger partial charge on any atom is 0.240 e. The van der Waals surface area contributed by atoms with E-state index in [1.54, 1.807) is 20.1 Å². The largest absolute Gasteiger partial charge is 0.494 e. The Labute approximate surface area is 126 Å². The van der Waals surface area contributed by atoms with Gasteiger partial charge in [0.05, 0.1) is 18.1 Å². The molecule has 0 bridgehead atoms. The summed E-state index contributed by atoms with van der Waals surface area (Å²) < 4.78 is 37.4. The predicted octanol–water partition coefficient (Wildman–Crippen LogP) is 1.28. The molecule has 120 valence electrons. The van der Waals surface area contributed by atoms with Gasteiger partial charge >= 0.3 is 0 Å². The van der Waals surface area contributed by atoms with Gasteiger partial charge in [0.25, 0.3) is 0 Å². The summed E-state index contributed by atoms with van der Waals surface area (Å²) in [5.41, 5.74) is 0.448. The second kappa shape index (κ2) is 8.33. The standard InChI is InChI=1S/C14H23NO5S/c1-4-20-14-6-5-13(9-12(14)10-16)21(17,18)15-11(2)7-8-19-3/h5-6,9,11,15-16H,4,7-8,10H2,1-3H3. The molecule has 1 aromatic carbocycles. The Hall–Kier alpha value is -1.15. The average Bonchev–Trinajstić information content (AvgIpc) is 2.45. The minimum absolute atomic E-state index is 0.110. The molecule has 1 atom stereocenters. The van der Waals surface area contributed by atoms with Crippen LogP contribution in [0.1, 0.15) is 25.8 Å². The zero-order chi connectivity index (χ0) is 15.9. The molecule has 21 heavy (non-hydrogen) atoms. The fourth-order valence-corrected chi connectivity index (χ4v) is 3.16. The quantitative estimate of drug-likeness (QED) is 0.717. The minimum Gasteiger partial charge on any atom is -0.494 e. The highest BCUT2D eigenvalue weighted by atomic mass is 32.2. The highest BCUT2D eigenvalue weighted by Gasteiger charge is 2.19. The van der Waals surface area contributed by atoms with Gasteiger partial charge in [-0.2, -0.15) is 0 Å². The van der Waals surface area contributed by atoms with Crippen molar-refractivity contribution in [3.05, 3.63) is 23.8 Å². The third-order valence-corrected chi connectivity index (χ3v) is 4.51. The van der Waals surface area contributed by atoms with Gasteiger partial charge in [0.15, 0.2) is 0 Å². The van der Waals surface area contributed by atoms with Crippen LogP contribution in [0, 0.1) is 0 Å². The molecule has 0 fully saturated rings. The molecular weight excluding hydrogens is 294 g/mol. The number of hydrogen-bond acceptors (Lipinski definition) is 5. The Morgan fingerprint density at radius 2 is 2.10 bits per heavy atom. The average molecular weight is 317 g/mol. The maximum atomic E-state index is 12.3. The highest BCUT2D eigenvalue weighted by molar-refractivity contribution is 7.89. The second-order valence-electron chi connectivity index (χ2n) is 4.66. The number of methoxy groups -OCH3 is 1. The second-order valence-corrected chi connectivity index (χ2v) is 6.38. The zero-order valence-electron chi connectivity index (χ0n) is 12.6. The van der Waals surface area contributed by atoms with Gasteiger partial charge in [-0.3, -0.25) is 0 Å². The molecule has 1 rings (SSSR count). The normalized spacial score (nSPS) is 13.1. The van der Waals surface area contributed by atoms with Crippen LogP contribution in [0.2, 0.25) is 0 Å². The lowest BCUT2D eigenvalue weighted by atomic mass is 10.2. The van der Waals surface area contributed by atoms with Crippen molar-refractivity contribution in [1.82, 2.24) is 4.72 Å².